The topological polar surface area (TPSA) is 70.9 Å². The third-order valence-corrected chi connectivity index (χ3v) is 3.66. The number of hydrogen-bond donors (Lipinski definition) is 3. The highest BCUT2D eigenvalue weighted by molar-refractivity contribution is 5.98. The first kappa shape index (κ1) is 11.3. The standard InChI is InChI=1S/C14H17N3O/c15-10-5-3-7-12(10)17-14(18)13-8-9-4-1-2-6-11(9)16-13/h1-2,4,6,8,10,12,16H,3,5,7,15H2,(H,17,18). The van der Waals surface area contributed by atoms with Gasteiger partial charge in [0.25, 0.3) is 5.91 Å². The number of nitrogens with one attached hydrogen (secondary N) is 2. The number of hydrogen-bond acceptors (Lipinski definition) is 2. The quantitative estimate of drug-likeness (QED) is 0.752. The van der Waals surface area contributed by atoms with E-state index in [1.165, 1.54) is 0 Å². The minimum absolute atomic E-state index is 0.0615. The average molecular weight is 243 g/mol. The molecule has 1 aliphatic carbocycles. The summed E-state index contributed by atoms with van der Waals surface area (Å²) in [7, 11) is 0. The molecule has 2 atom stereocenters. The summed E-state index contributed by atoms with van der Waals surface area (Å²) in [5.74, 6) is -0.0615. The van der Waals surface area contributed by atoms with E-state index in [2.05, 4.69) is 10.3 Å². The van der Waals surface area contributed by atoms with Crippen LogP contribution in [0.1, 0.15) is 29.8 Å². The third kappa shape index (κ3) is 1.99. The number of benzene rings is 1. The Balaban J connectivity index is 1.79. The Kier molecular flexibility index (Phi) is 2.80. The predicted octanol–water partition coefficient (Wildman–Crippen LogP) is 1.78. The Morgan fingerprint density at radius 2 is 2.17 bits per heavy atom. The van der Waals surface area contributed by atoms with Gasteiger partial charge in [-0.25, -0.2) is 0 Å². The maximum Gasteiger partial charge on any atom is 0.268 e. The van der Waals surface area contributed by atoms with Crippen molar-refractivity contribution in [1.82, 2.24) is 10.3 Å². The second-order valence-electron chi connectivity index (χ2n) is 4.94. The van der Waals surface area contributed by atoms with E-state index in [1.807, 2.05) is 30.3 Å². The van der Waals surface area contributed by atoms with Crippen molar-refractivity contribution in [3.8, 4) is 0 Å². The predicted molar refractivity (Wildman–Crippen MR) is 71.4 cm³/mol. The van der Waals surface area contributed by atoms with Crippen LogP contribution >= 0.6 is 0 Å². The molecule has 1 fully saturated rings. The van der Waals surface area contributed by atoms with Crippen LogP contribution in [0.5, 0.6) is 0 Å². The number of para-hydroxylation sites is 1. The zero-order chi connectivity index (χ0) is 12.5. The first-order valence-electron chi connectivity index (χ1n) is 6.38. The van der Waals surface area contributed by atoms with Gasteiger partial charge in [0.2, 0.25) is 0 Å². The van der Waals surface area contributed by atoms with E-state index in [0.717, 1.165) is 30.2 Å². The number of carbonyl (C=O) groups excluding carboxylic acids is 1. The summed E-state index contributed by atoms with van der Waals surface area (Å²) in [6.45, 7) is 0. The lowest BCUT2D eigenvalue weighted by molar-refractivity contribution is 0.0930. The van der Waals surface area contributed by atoms with Gasteiger partial charge in [0, 0.05) is 23.0 Å². The largest absolute Gasteiger partial charge is 0.351 e. The number of H-pyrrole nitrogens is 1. The van der Waals surface area contributed by atoms with E-state index in [4.69, 9.17) is 5.73 Å². The van der Waals surface area contributed by atoms with Crippen LogP contribution in [0.25, 0.3) is 10.9 Å². The van der Waals surface area contributed by atoms with Crippen molar-refractivity contribution in [2.45, 2.75) is 31.3 Å². The fourth-order valence-electron chi connectivity index (χ4n) is 2.61. The smallest absolute Gasteiger partial charge is 0.268 e. The molecule has 3 rings (SSSR count). The third-order valence-electron chi connectivity index (χ3n) is 3.66. The second-order valence-corrected chi connectivity index (χ2v) is 4.94. The normalized spacial score (nSPS) is 23.4. The van der Waals surface area contributed by atoms with Crippen molar-refractivity contribution < 1.29 is 4.79 Å². The molecule has 2 aromatic rings. The monoisotopic (exact) mass is 243 g/mol. The Labute approximate surface area is 106 Å². The molecule has 1 saturated carbocycles. The van der Waals surface area contributed by atoms with Crippen molar-refractivity contribution in [3.05, 3.63) is 36.0 Å². The highest BCUT2D eigenvalue weighted by Crippen LogP contribution is 2.19. The Morgan fingerprint density at radius 3 is 2.89 bits per heavy atom. The van der Waals surface area contributed by atoms with Crippen LogP contribution < -0.4 is 11.1 Å². The number of aromatic nitrogens is 1. The summed E-state index contributed by atoms with van der Waals surface area (Å²) in [4.78, 5) is 15.2. The molecule has 4 heteroatoms. The van der Waals surface area contributed by atoms with E-state index in [0.29, 0.717) is 5.69 Å². The lowest BCUT2D eigenvalue weighted by Gasteiger charge is -2.16. The number of rotatable bonds is 2. The van der Waals surface area contributed by atoms with Crippen molar-refractivity contribution in [1.29, 1.82) is 0 Å². The van der Waals surface area contributed by atoms with Gasteiger partial charge >= 0.3 is 0 Å². The summed E-state index contributed by atoms with van der Waals surface area (Å²) in [5, 5.41) is 4.06. The van der Waals surface area contributed by atoms with Crippen LogP contribution in [0.15, 0.2) is 30.3 Å². The van der Waals surface area contributed by atoms with Gasteiger partial charge in [-0.3, -0.25) is 4.79 Å². The summed E-state index contributed by atoms with van der Waals surface area (Å²) in [5.41, 5.74) is 7.55. The van der Waals surface area contributed by atoms with Gasteiger partial charge in [-0.1, -0.05) is 18.2 Å². The van der Waals surface area contributed by atoms with E-state index in [1.54, 1.807) is 0 Å². The maximum absolute atomic E-state index is 12.1. The molecule has 0 radical (unpaired) electrons. The summed E-state index contributed by atoms with van der Waals surface area (Å²) in [6.07, 6.45) is 3.07. The highest BCUT2D eigenvalue weighted by Gasteiger charge is 2.25. The van der Waals surface area contributed by atoms with Crippen molar-refractivity contribution in [2.24, 2.45) is 5.73 Å². The molecule has 4 nitrogen and oxygen atoms in total. The van der Waals surface area contributed by atoms with E-state index in [-0.39, 0.29) is 18.0 Å². The molecular formula is C14H17N3O. The molecule has 0 aliphatic heterocycles. The number of nitrogens with two attached hydrogens (primary N) is 1. The zero-order valence-electron chi connectivity index (χ0n) is 10.1. The van der Waals surface area contributed by atoms with Gasteiger partial charge in [0.1, 0.15) is 5.69 Å². The molecule has 1 aromatic heterocycles. The molecule has 1 amide bonds. The molecule has 18 heavy (non-hydrogen) atoms. The second kappa shape index (κ2) is 4.46. The molecule has 1 aromatic carbocycles. The molecule has 1 aliphatic rings. The van der Waals surface area contributed by atoms with E-state index < -0.39 is 0 Å². The molecule has 94 valence electrons. The Bertz CT molecular complexity index is 542. The van der Waals surface area contributed by atoms with Gasteiger partial charge in [0.15, 0.2) is 0 Å². The molecule has 0 spiro atoms. The van der Waals surface area contributed by atoms with Gasteiger partial charge in [-0.15, -0.1) is 0 Å². The van der Waals surface area contributed by atoms with Crippen LogP contribution in [0, 0.1) is 0 Å². The fraction of sp³-hybridized carbons (Fsp3) is 0.357. The highest BCUT2D eigenvalue weighted by atomic mass is 16.1. The summed E-state index contributed by atoms with van der Waals surface area (Å²) < 4.78 is 0. The lowest BCUT2D eigenvalue weighted by atomic mass is 10.2. The first-order valence-corrected chi connectivity index (χ1v) is 6.38. The van der Waals surface area contributed by atoms with Crippen LogP contribution in [-0.4, -0.2) is 23.0 Å². The molecule has 1 heterocycles. The minimum Gasteiger partial charge on any atom is -0.351 e. The summed E-state index contributed by atoms with van der Waals surface area (Å²) >= 11 is 0. The van der Waals surface area contributed by atoms with Crippen molar-refractivity contribution in [2.75, 3.05) is 0 Å². The number of aromatic amines is 1. The molecule has 0 bridgehead atoms. The molecular weight excluding hydrogens is 226 g/mol. The fourth-order valence-corrected chi connectivity index (χ4v) is 2.61. The molecule has 4 N–H and O–H groups in total. The summed E-state index contributed by atoms with van der Waals surface area (Å²) in [6, 6.07) is 9.96. The number of amides is 1. The molecule has 0 saturated heterocycles. The van der Waals surface area contributed by atoms with Gasteiger partial charge in [-0.05, 0) is 31.4 Å². The lowest BCUT2D eigenvalue weighted by Crippen LogP contribution is -2.44. The van der Waals surface area contributed by atoms with Crippen LogP contribution in [0.3, 0.4) is 0 Å². The molecule has 2 unspecified atom stereocenters. The van der Waals surface area contributed by atoms with Gasteiger partial charge in [0.05, 0.1) is 0 Å². The Hall–Kier alpha value is -1.81. The Morgan fingerprint density at radius 1 is 1.33 bits per heavy atom. The van der Waals surface area contributed by atoms with Crippen molar-refractivity contribution in [3.63, 3.8) is 0 Å². The van der Waals surface area contributed by atoms with Gasteiger partial charge < -0.3 is 16.0 Å². The van der Waals surface area contributed by atoms with Crippen molar-refractivity contribution >= 4 is 16.8 Å². The van der Waals surface area contributed by atoms with Crippen LogP contribution in [-0.2, 0) is 0 Å². The SMILES string of the molecule is NC1CCCC1NC(=O)c1cc2ccccc2[nH]1. The van der Waals surface area contributed by atoms with Gasteiger partial charge in [-0.2, -0.15) is 0 Å². The average Bonchev–Trinajstić information content (AvgIpc) is 2.96. The zero-order valence-corrected chi connectivity index (χ0v) is 10.1. The minimum atomic E-state index is -0.0615. The maximum atomic E-state index is 12.1. The number of fused-ring (bicyclic) bond motifs is 1. The van der Waals surface area contributed by atoms with Crippen LogP contribution in [0.2, 0.25) is 0 Å². The number of carbonyl (C=O) groups is 1. The van der Waals surface area contributed by atoms with Crippen LogP contribution in [0.4, 0.5) is 0 Å². The van der Waals surface area contributed by atoms with E-state index >= 15 is 0 Å². The first-order chi connectivity index (χ1) is 8.74. The van der Waals surface area contributed by atoms with E-state index in [9.17, 15) is 4.79 Å².